The van der Waals surface area contributed by atoms with E-state index in [4.69, 9.17) is 11.6 Å². The van der Waals surface area contributed by atoms with E-state index >= 15 is 0 Å². The molecule has 162 valence electrons. The predicted molar refractivity (Wildman–Crippen MR) is 124 cm³/mol. The van der Waals surface area contributed by atoms with Gasteiger partial charge < -0.3 is 10.0 Å². The maximum atomic E-state index is 14.2. The molecule has 5 heteroatoms. The van der Waals surface area contributed by atoms with Crippen LogP contribution in [0.3, 0.4) is 0 Å². The van der Waals surface area contributed by atoms with E-state index in [1.165, 1.54) is 11.1 Å². The minimum absolute atomic E-state index is 0.134. The molecular weight excluding hydrogens is 420 g/mol. The monoisotopic (exact) mass is 444 g/mol. The molecule has 1 fully saturated rings. The summed E-state index contributed by atoms with van der Waals surface area (Å²) in [7, 11) is 0. The third kappa shape index (κ3) is 2.79. The summed E-state index contributed by atoms with van der Waals surface area (Å²) >= 11 is 6.39. The van der Waals surface area contributed by atoms with E-state index in [-0.39, 0.29) is 17.7 Å². The quantitative estimate of drug-likeness (QED) is 0.628. The molecule has 6 rings (SSSR count). The number of amides is 1. The van der Waals surface area contributed by atoms with Gasteiger partial charge in [-0.25, -0.2) is 0 Å². The number of fused-ring (bicyclic) bond motifs is 8. The maximum absolute atomic E-state index is 14.2. The van der Waals surface area contributed by atoms with Crippen LogP contribution in [0.1, 0.15) is 59.1 Å². The number of hydrogen-bond donors (Lipinski definition) is 1. The zero-order valence-electron chi connectivity index (χ0n) is 17.7. The first kappa shape index (κ1) is 20.0. The van der Waals surface area contributed by atoms with Gasteiger partial charge >= 0.3 is 0 Å². The van der Waals surface area contributed by atoms with Crippen LogP contribution < -0.4 is 0 Å². The van der Waals surface area contributed by atoms with E-state index in [1.807, 2.05) is 35.2 Å². The highest BCUT2D eigenvalue weighted by Gasteiger charge is 2.58. The number of aliphatic hydroxyl groups excluding tert-OH is 1. The van der Waals surface area contributed by atoms with Crippen LogP contribution >= 0.6 is 11.6 Å². The fraction of sp³-hybridized carbons (Fsp3) is 0.333. The normalized spacial score (nSPS) is 24.8. The van der Waals surface area contributed by atoms with Crippen LogP contribution in [-0.4, -0.2) is 34.0 Å². The number of hydrogen-bond acceptors (Lipinski definition) is 3. The molecule has 2 heterocycles. The first-order valence-corrected chi connectivity index (χ1v) is 11.7. The number of likely N-dealkylation sites (tertiary alicyclic amines) is 1. The van der Waals surface area contributed by atoms with Gasteiger partial charge in [-0.3, -0.25) is 9.78 Å². The zero-order chi connectivity index (χ0) is 21.9. The molecule has 4 nitrogen and oxygen atoms in total. The molecule has 1 N–H and O–H groups in total. The molecule has 0 unspecified atom stereocenters. The standard InChI is InChI=1S/C27H25ClN2O2/c28-19-7-8-21-22-15-27(24(21)14-19,23-6-2-1-5-20(22)23)26(32)30-12-9-17(10-13-30)25(31)18-4-3-11-29-16-18/h1-8,11,14,16-17,22,25,31H,9-10,12-13,15H2/t22-,25+,27-/m0/s1. The number of nitrogens with zero attached hydrogens (tertiary/aromatic N) is 2. The lowest BCUT2D eigenvalue weighted by Gasteiger charge is -2.40. The van der Waals surface area contributed by atoms with Crippen molar-refractivity contribution >= 4 is 17.5 Å². The number of carbonyl (C=O) groups excluding carboxylic acids is 1. The predicted octanol–water partition coefficient (Wildman–Crippen LogP) is 4.84. The van der Waals surface area contributed by atoms with E-state index in [0.29, 0.717) is 18.1 Å². The Bertz CT molecular complexity index is 1190. The van der Waals surface area contributed by atoms with Gasteiger partial charge in [-0.1, -0.05) is 48.0 Å². The number of carbonyl (C=O) groups is 1. The number of piperidine rings is 1. The highest BCUT2D eigenvalue weighted by atomic mass is 35.5. The van der Waals surface area contributed by atoms with Crippen molar-refractivity contribution in [1.82, 2.24) is 9.88 Å². The highest BCUT2D eigenvalue weighted by molar-refractivity contribution is 6.30. The van der Waals surface area contributed by atoms with Gasteiger partial charge in [-0.15, -0.1) is 0 Å². The minimum Gasteiger partial charge on any atom is -0.388 e. The van der Waals surface area contributed by atoms with Crippen molar-refractivity contribution in [3.63, 3.8) is 0 Å². The molecule has 2 aliphatic carbocycles. The van der Waals surface area contributed by atoms with Crippen LogP contribution in [0.2, 0.25) is 5.02 Å². The third-order valence-electron chi connectivity index (χ3n) is 7.82. The smallest absolute Gasteiger partial charge is 0.237 e. The fourth-order valence-electron chi connectivity index (χ4n) is 6.28. The molecule has 32 heavy (non-hydrogen) atoms. The SMILES string of the molecule is O=C(N1CCC([C@@H](O)c2cccnc2)CC1)[C@@]12C[C@@H](c3ccccc31)c1ccc(Cl)cc12. The molecular formula is C27H25ClN2O2. The number of halogens is 1. The molecule has 1 amide bonds. The van der Waals surface area contributed by atoms with Gasteiger partial charge in [0.05, 0.1) is 6.10 Å². The number of pyridine rings is 1. The fourth-order valence-corrected chi connectivity index (χ4v) is 6.45. The second-order valence-corrected chi connectivity index (χ2v) is 9.78. The molecule has 1 aliphatic heterocycles. The van der Waals surface area contributed by atoms with Gasteiger partial charge in [0, 0.05) is 36.4 Å². The summed E-state index contributed by atoms with van der Waals surface area (Å²) < 4.78 is 0. The first-order valence-electron chi connectivity index (χ1n) is 11.4. The average Bonchev–Trinajstić information content (AvgIpc) is 3.37. The van der Waals surface area contributed by atoms with Crippen LogP contribution in [-0.2, 0) is 10.2 Å². The van der Waals surface area contributed by atoms with Gasteiger partial charge in [0.2, 0.25) is 5.91 Å². The lowest BCUT2D eigenvalue weighted by atomic mass is 9.73. The number of aliphatic hydroxyl groups is 1. The molecule has 1 aromatic heterocycles. The topological polar surface area (TPSA) is 53.4 Å². The largest absolute Gasteiger partial charge is 0.388 e. The Morgan fingerprint density at radius 2 is 1.84 bits per heavy atom. The molecule has 2 bridgehead atoms. The van der Waals surface area contributed by atoms with Gasteiger partial charge in [0.15, 0.2) is 0 Å². The summed E-state index contributed by atoms with van der Waals surface area (Å²) in [5, 5.41) is 11.5. The van der Waals surface area contributed by atoms with Crippen LogP contribution in [0.5, 0.6) is 0 Å². The first-order chi connectivity index (χ1) is 15.6. The molecule has 0 spiro atoms. The number of aromatic nitrogens is 1. The summed E-state index contributed by atoms with van der Waals surface area (Å²) in [6, 6.07) is 18.2. The van der Waals surface area contributed by atoms with E-state index in [1.54, 1.807) is 12.4 Å². The van der Waals surface area contributed by atoms with E-state index in [0.717, 1.165) is 36.0 Å². The van der Waals surface area contributed by atoms with Gasteiger partial charge in [0.25, 0.3) is 0 Å². The molecule has 3 atom stereocenters. The number of rotatable bonds is 3. The Morgan fingerprint density at radius 1 is 1.06 bits per heavy atom. The molecule has 3 aromatic rings. The van der Waals surface area contributed by atoms with Crippen LogP contribution in [0, 0.1) is 5.92 Å². The Morgan fingerprint density at radius 3 is 2.62 bits per heavy atom. The number of benzene rings is 2. The second-order valence-electron chi connectivity index (χ2n) is 9.34. The van der Waals surface area contributed by atoms with Crippen molar-refractivity contribution in [2.24, 2.45) is 5.92 Å². The molecule has 0 saturated carbocycles. The Kier molecular flexibility index (Phi) is 4.63. The summed E-state index contributed by atoms with van der Waals surface area (Å²) in [5.41, 5.74) is 4.94. The summed E-state index contributed by atoms with van der Waals surface area (Å²) in [6.07, 6.45) is 5.27. The highest BCUT2D eigenvalue weighted by Crippen LogP contribution is 2.61. The summed E-state index contributed by atoms with van der Waals surface area (Å²) in [6.45, 7) is 1.32. The Balaban J connectivity index is 1.30. The third-order valence-corrected chi connectivity index (χ3v) is 8.06. The van der Waals surface area contributed by atoms with Gasteiger partial charge in [-0.2, -0.15) is 0 Å². The maximum Gasteiger partial charge on any atom is 0.237 e. The van der Waals surface area contributed by atoms with Crippen molar-refractivity contribution in [3.05, 3.63) is 99.8 Å². The zero-order valence-corrected chi connectivity index (χ0v) is 18.5. The van der Waals surface area contributed by atoms with Crippen molar-refractivity contribution in [1.29, 1.82) is 0 Å². The van der Waals surface area contributed by atoms with E-state index in [9.17, 15) is 9.90 Å². The lowest BCUT2D eigenvalue weighted by molar-refractivity contribution is -0.137. The Hall–Kier alpha value is -2.69. The molecule has 3 aliphatic rings. The summed E-state index contributed by atoms with van der Waals surface area (Å²) in [5.74, 6) is 0.574. The average molecular weight is 445 g/mol. The molecule has 0 radical (unpaired) electrons. The van der Waals surface area contributed by atoms with E-state index < -0.39 is 11.5 Å². The minimum atomic E-state index is -0.643. The van der Waals surface area contributed by atoms with Crippen molar-refractivity contribution in [2.45, 2.75) is 36.7 Å². The van der Waals surface area contributed by atoms with Gasteiger partial charge in [0.1, 0.15) is 5.41 Å². The summed E-state index contributed by atoms with van der Waals surface area (Å²) in [4.78, 5) is 20.3. The second kappa shape index (κ2) is 7.43. The van der Waals surface area contributed by atoms with Crippen LogP contribution in [0.4, 0.5) is 0 Å². The Labute approximate surface area is 192 Å². The van der Waals surface area contributed by atoms with Crippen LogP contribution in [0.25, 0.3) is 0 Å². The van der Waals surface area contributed by atoms with Crippen LogP contribution in [0.15, 0.2) is 67.0 Å². The van der Waals surface area contributed by atoms with E-state index in [2.05, 4.69) is 29.2 Å². The van der Waals surface area contributed by atoms with Crippen molar-refractivity contribution in [2.75, 3.05) is 13.1 Å². The lowest BCUT2D eigenvalue weighted by Crippen LogP contribution is -2.49. The van der Waals surface area contributed by atoms with Crippen molar-refractivity contribution in [3.8, 4) is 0 Å². The van der Waals surface area contributed by atoms with Gasteiger partial charge in [-0.05, 0) is 71.2 Å². The van der Waals surface area contributed by atoms with Crippen molar-refractivity contribution < 1.29 is 9.90 Å². The molecule has 2 aromatic carbocycles. The molecule has 1 saturated heterocycles.